The van der Waals surface area contributed by atoms with Crippen molar-refractivity contribution in [3.63, 3.8) is 0 Å². The molecule has 0 saturated heterocycles. The van der Waals surface area contributed by atoms with E-state index < -0.39 is 0 Å². The maximum atomic E-state index is 5.73. The first-order valence-corrected chi connectivity index (χ1v) is 8.31. The van der Waals surface area contributed by atoms with Crippen LogP contribution >= 0.6 is 11.3 Å². The number of hydrogen-bond acceptors (Lipinski definition) is 7. The number of thiazole rings is 1. The molecule has 0 amide bonds. The van der Waals surface area contributed by atoms with E-state index >= 15 is 0 Å². The number of hydrogen-bond donors (Lipinski definition) is 2. The Morgan fingerprint density at radius 2 is 2.00 bits per heavy atom. The standard InChI is InChI=1S/C17H19N5OS/c1-17(2,3)12-10-19-15(23-12)8-7-11-9-20-16(24-11)22-14-6-4-5-13(18)21-14/h4-10H,1-3H3,(H3,18,20,21,22). The SMILES string of the molecule is CC(C)(C)c1cnc(C=Cc2cnc(Nc3cccc(N)n3)s2)o1. The minimum atomic E-state index is -0.0504. The fourth-order valence-corrected chi connectivity index (χ4v) is 2.64. The maximum Gasteiger partial charge on any atom is 0.218 e. The molecular weight excluding hydrogens is 322 g/mol. The lowest BCUT2D eigenvalue weighted by atomic mass is 9.94. The molecule has 0 atom stereocenters. The third-order valence-electron chi connectivity index (χ3n) is 3.18. The van der Waals surface area contributed by atoms with E-state index in [0.717, 1.165) is 15.8 Å². The maximum absolute atomic E-state index is 5.73. The topological polar surface area (TPSA) is 89.9 Å². The van der Waals surface area contributed by atoms with Crippen LogP contribution in [0.4, 0.5) is 16.8 Å². The minimum absolute atomic E-state index is 0.0504. The molecule has 0 aliphatic heterocycles. The smallest absolute Gasteiger partial charge is 0.218 e. The Labute approximate surface area is 144 Å². The van der Waals surface area contributed by atoms with Crippen molar-refractivity contribution >= 4 is 40.3 Å². The molecular formula is C17H19N5OS. The summed E-state index contributed by atoms with van der Waals surface area (Å²) < 4.78 is 5.73. The molecule has 3 N–H and O–H groups in total. The van der Waals surface area contributed by atoms with E-state index in [9.17, 15) is 0 Å². The summed E-state index contributed by atoms with van der Waals surface area (Å²) in [6.07, 6.45) is 7.31. The summed E-state index contributed by atoms with van der Waals surface area (Å²) in [5.41, 5.74) is 5.61. The fourth-order valence-electron chi connectivity index (χ4n) is 1.92. The first-order valence-electron chi connectivity index (χ1n) is 7.50. The Morgan fingerprint density at radius 3 is 2.71 bits per heavy atom. The molecule has 0 radical (unpaired) electrons. The highest BCUT2D eigenvalue weighted by Crippen LogP contribution is 2.25. The van der Waals surface area contributed by atoms with Crippen molar-refractivity contribution < 1.29 is 4.42 Å². The number of pyridine rings is 1. The van der Waals surface area contributed by atoms with Crippen molar-refractivity contribution in [3.05, 3.63) is 47.1 Å². The normalized spacial score (nSPS) is 12.0. The van der Waals surface area contributed by atoms with Gasteiger partial charge in [0.2, 0.25) is 5.89 Å². The van der Waals surface area contributed by atoms with E-state index in [1.165, 1.54) is 11.3 Å². The molecule has 6 nitrogen and oxygen atoms in total. The van der Waals surface area contributed by atoms with Crippen LogP contribution in [-0.4, -0.2) is 15.0 Å². The van der Waals surface area contributed by atoms with Crippen LogP contribution in [0.3, 0.4) is 0 Å². The molecule has 0 spiro atoms. The van der Waals surface area contributed by atoms with Crippen LogP contribution in [0.25, 0.3) is 12.2 Å². The van der Waals surface area contributed by atoms with Crippen LogP contribution < -0.4 is 11.1 Å². The lowest BCUT2D eigenvalue weighted by Gasteiger charge is -2.12. The van der Waals surface area contributed by atoms with Crippen LogP contribution in [0.2, 0.25) is 0 Å². The lowest BCUT2D eigenvalue weighted by molar-refractivity contribution is 0.403. The summed E-state index contributed by atoms with van der Waals surface area (Å²) in [6, 6.07) is 5.42. The molecule has 3 aromatic rings. The van der Waals surface area contributed by atoms with Crippen LogP contribution in [0.1, 0.15) is 37.3 Å². The molecule has 0 saturated carbocycles. The fraction of sp³-hybridized carbons (Fsp3) is 0.235. The molecule has 0 bridgehead atoms. The zero-order chi connectivity index (χ0) is 17.2. The third-order valence-corrected chi connectivity index (χ3v) is 4.06. The molecule has 0 aromatic carbocycles. The number of aromatic nitrogens is 3. The average molecular weight is 341 g/mol. The number of anilines is 3. The van der Waals surface area contributed by atoms with Gasteiger partial charge in [-0.05, 0) is 18.2 Å². The van der Waals surface area contributed by atoms with Crippen molar-refractivity contribution in [3.8, 4) is 0 Å². The molecule has 24 heavy (non-hydrogen) atoms. The molecule has 3 heterocycles. The van der Waals surface area contributed by atoms with Crippen LogP contribution in [0, 0.1) is 0 Å². The molecule has 0 fully saturated rings. The summed E-state index contributed by atoms with van der Waals surface area (Å²) in [5.74, 6) is 2.58. The van der Waals surface area contributed by atoms with Gasteiger partial charge in [0.25, 0.3) is 0 Å². The zero-order valence-corrected chi connectivity index (χ0v) is 14.6. The van der Waals surface area contributed by atoms with Gasteiger partial charge in [-0.1, -0.05) is 38.2 Å². The zero-order valence-electron chi connectivity index (χ0n) is 13.8. The third kappa shape index (κ3) is 3.99. The van der Waals surface area contributed by atoms with Gasteiger partial charge >= 0.3 is 0 Å². The molecule has 7 heteroatoms. The van der Waals surface area contributed by atoms with Crippen molar-refractivity contribution in [2.75, 3.05) is 11.1 Å². The van der Waals surface area contributed by atoms with Crippen molar-refractivity contribution in [1.82, 2.24) is 15.0 Å². The second kappa shape index (κ2) is 6.45. The highest BCUT2D eigenvalue weighted by atomic mass is 32.1. The number of oxazole rings is 1. The Bertz CT molecular complexity index is 860. The highest BCUT2D eigenvalue weighted by molar-refractivity contribution is 7.16. The average Bonchev–Trinajstić information content (AvgIpc) is 3.13. The van der Waals surface area contributed by atoms with Gasteiger partial charge in [0.15, 0.2) is 5.13 Å². The highest BCUT2D eigenvalue weighted by Gasteiger charge is 2.18. The van der Waals surface area contributed by atoms with Gasteiger partial charge in [-0.3, -0.25) is 0 Å². The number of nitrogens with two attached hydrogens (primary N) is 1. The second-order valence-electron chi connectivity index (χ2n) is 6.29. The van der Waals surface area contributed by atoms with Crippen molar-refractivity contribution in [1.29, 1.82) is 0 Å². The predicted molar refractivity (Wildman–Crippen MR) is 98.2 cm³/mol. The lowest BCUT2D eigenvalue weighted by Crippen LogP contribution is -2.09. The molecule has 3 aromatic heterocycles. The van der Waals surface area contributed by atoms with Crippen LogP contribution in [0.15, 0.2) is 35.0 Å². The van der Waals surface area contributed by atoms with Crippen molar-refractivity contribution in [2.45, 2.75) is 26.2 Å². The summed E-state index contributed by atoms with van der Waals surface area (Å²) in [6.45, 7) is 6.27. The Morgan fingerprint density at radius 1 is 1.17 bits per heavy atom. The van der Waals surface area contributed by atoms with Crippen molar-refractivity contribution in [2.24, 2.45) is 0 Å². The van der Waals surface area contributed by atoms with Gasteiger partial charge in [0.05, 0.1) is 6.20 Å². The molecule has 0 aliphatic rings. The largest absolute Gasteiger partial charge is 0.441 e. The van der Waals surface area contributed by atoms with E-state index in [1.807, 2.05) is 24.3 Å². The predicted octanol–water partition coefficient (Wildman–Crippen LogP) is 4.32. The summed E-state index contributed by atoms with van der Waals surface area (Å²) in [7, 11) is 0. The van der Waals surface area contributed by atoms with E-state index in [4.69, 9.17) is 10.2 Å². The second-order valence-corrected chi connectivity index (χ2v) is 7.35. The van der Waals surface area contributed by atoms with Gasteiger partial charge in [-0.25, -0.2) is 15.0 Å². The Balaban J connectivity index is 1.68. The van der Waals surface area contributed by atoms with Gasteiger partial charge in [0.1, 0.15) is 17.4 Å². The van der Waals surface area contributed by atoms with Gasteiger partial charge in [-0.2, -0.15) is 0 Å². The molecule has 3 rings (SSSR count). The first-order chi connectivity index (χ1) is 11.4. The summed E-state index contributed by atoms with van der Waals surface area (Å²) in [4.78, 5) is 13.8. The van der Waals surface area contributed by atoms with Gasteiger partial charge in [-0.15, -0.1) is 0 Å². The first kappa shape index (κ1) is 16.2. The molecule has 0 unspecified atom stereocenters. The van der Waals surface area contributed by atoms with E-state index in [1.54, 1.807) is 18.5 Å². The van der Waals surface area contributed by atoms with Crippen LogP contribution in [0.5, 0.6) is 0 Å². The van der Waals surface area contributed by atoms with E-state index in [-0.39, 0.29) is 5.41 Å². The monoisotopic (exact) mass is 341 g/mol. The minimum Gasteiger partial charge on any atom is -0.441 e. The van der Waals surface area contributed by atoms with Crippen LogP contribution in [-0.2, 0) is 5.41 Å². The summed E-state index contributed by atoms with van der Waals surface area (Å²) >= 11 is 1.51. The molecule has 0 aliphatic carbocycles. The Hall–Kier alpha value is -2.67. The van der Waals surface area contributed by atoms with E-state index in [2.05, 4.69) is 41.0 Å². The number of nitrogens with zero attached hydrogens (tertiary/aromatic N) is 3. The van der Waals surface area contributed by atoms with E-state index in [0.29, 0.717) is 17.5 Å². The van der Waals surface area contributed by atoms with Gasteiger partial charge < -0.3 is 15.5 Å². The molecule has 124 valence electrons. The van der Waals surface area contributed by atoms with Gasteiger partial charge in [0, 0.05) is 22.6 Å². The number of nitrogen functional groups attached to an aromatic ring is 1. The number of rotatable bonds is 4. The summed E-state index contributed by atoms with van der Waals surface area (Å²) in [5, 5.41) is 3.88. The Kier molecular flexibility index (Phi) is 4.35. The quantitative estimate of drug-likeness (QED) is 0.734. The number of nitrogens with one attached hydrogen (secondary N) is 1.